The maximum atomic E-state index is 13.8. The molecule has 3 aromatic carbocycles. The van der Waals surface area contributed by atoms with E-state index < -0.39 is 41.3 Å². The summed E-state index contributed by atoms with van der Waals surface area (Å²) < 4.78 is 83.6. The van der Waals surface area contributed by atoms with Gasteiger partial charge in [-0.1, -0.05) is 12.1 Å². The number of hydrogen-bond donors (Lipinski definition) is 0. The van der Waals surface area contributed by atoms with Crippen molar-refractivity contribution >= 4 is 11.9 Å². The Kier molecular flexibility index (Phi) is 6.04. The van der Waals surface area contributed by atoms with Crippen molar-refractivity contribution in [1.29, 1.82) is 0 Å². The maximum Gasteiger partial charge on any atom is 0.231 e. The number of carbonyl (C=O) groups excluding carboxylic acids is 1. The molecule has 0 aliphatic carbocycles. The maximum absolute atomic E-state index is 13.8. The van der Waals surface area contributed by atoms with Gasteiger partial charge >= 0.3 is 0 Å². The third-order valence-corrected chi connectivity index (χ3v) is 4.81. The molecule has 0 amide bonds. The average Bonchev–Trinajstić information content (AvgIpc) is 3.12. The molecule has 170 valence electrons. The highest BCUT2D eigenvalue weighted by molar-refractivity contribution is 6.14. The molecule has 0 N–H and O–H groups in total. The first-order valence-corrected chi connectivity index (χ1v) is 9.74. The van der Waals surface area contributed by atoms with E-state index in [-0.39, 0.29) is 28.6 Å². The SMILES string of the molecule is CCOc1ccc(C=C2Oc3cc(OCc4c(F)c(F)c(F)c(F)c4F)ccc3C2=O)cc1. The predicted molar refractivity (Wildman–Crippen MR) is 108 cm³/mol. The van der Waals surface area contributed by atoms with E-state index >= 15 is 0 Å². The lowest BCUT2D eigenvalue weighted by atomic mass is 10.1. The van der Waals surface area contributed by atoms with Crippen LogP contribution in [0.5, 0.6) is 17.2 Å². The van der Waals surface area contributed by atoms with Crippen LogP contribution in [0.15, 0.2) is 48.2 Å². The van der Waals surface area contributed by atoms with Gasteiger partial charge in [0, 0.05) is 6.07 Å². The minimum absolute atomic E-state index is 0.00723. The van der Waals surface area contributed by atoms with E-state index in [1.54, 1.807) is 24.3 Å². The smallest absolute Gasteiger partial charge is 0.231 e. The number of ketones is 1. The van der Waals surface area contributed by atoms with Crippen LogP contribution in [-0.4, -0.2) is 12.4 Å². The van der Waals surface area contributed by atoms with Crippen LogP contribution in [0.1, 0.15) is 28.4 Å². The van der Waals surface area contributed by atoms with Crippen molar-refractivity contribution in [2.45, 2.75) is 13.5 Å². The fourth-order valence-electron chi connectivity index (χ4n) is 3.17. The van der Waals surface area contributed by atoms with E-state index in [0.29, 0.717) is 17.9 Å². The van der Waals surface area contributed by atoms with E-state index in [1.165, 1.54) is 24.3 Å². The molecule has 1 heterocycles. The Labute approximate surface area is 184 Å². The van der Waals surface area contributed by atoms with Crippen LogP contribution in [0, 0.1) is 29.1 Å². The second kappa shape index (κ2) is 8.93. The third-order valence-electron chi connectivity index (χ3n) is 4.81. The molecule has 3 aromatic rings. The summed E-state index contributed by atoms with van der Waals surface area (Å²) in [6, 6.07) is 11.0. The van der Waals surface area contributed by atoms with Crippen LogP contribution < -0.4 is 14.2 Å². The molecule has 0 bridgehead atoms. The molecule has 1 aliphatic rings. The molecule has 4 rings (SSSR count). The van der Waals surface area contributed by atoms with Gasteiger partial charge in [0.25, 0.3) is 0 Å². The Hall–Kier alpha value is -3.88. The molecule has 9 heteroatoms. The molecule has 0 spiro atoms. The third kappa shape index (κ3) is 4.26. The molecule has 33 heavy (non-hydrogen) atoms. The van der Waals surface area contributed by atoms with Gasteiger partial charge in [-0.25, -0.2) is 22.0 Å². The second-order valence-electron chi connectivity index (χ2n) is 6.94. The zero-order valence-electron chi connectivity index (χ0n) is 17.1. The van der Waals surface area contributed by atoms with Gasteiger partial charge in [-0.2, -0.15) is 0 Å². The van der Waals surface area contributed by atoms with Gasteiger partial charge in [0.15, 0.2) is 29.0 Å². The predicted octanol–water partition coefficient (Wildman–Crippen LogP) is 5.98. The van der Waals surface area contributed by atoms with Crippen LogP contribution in [0.4, 0.5) is 22.0 Å². The lowest BCUT2D eigenvalue weighted by molar-refractivity contribution is 0.101. The number of allylic oxidation sites excluding steroid dienone is 1. The molecule has 0 atom stereocenters. The number of halogens is 5. The van der Waals surface area contributed by atoms with Crippen molar-refractivity contribution in [1.82, 2.24) is 0 Å². The van der Waals surface area contributed by atoms with Crippen LogP contribution >= 0.6 is 0 Å². The van der Waals surface area contributed by atoms with Crippen molar-refractivity contribution in [2.24, 2.45) is 0 Å². The summed E-state index contributed by atoms with van der Waals surface area (Å²) in [5.41, 5.74) is -0.187. The lowest BCUT2D eigenvalue weighted by Gasteiger charge is -2.10. The lowest BCUT2D eigenvalue weighted by Crippen LogP contribution is -2.09. The zero-order valence-corrected chi connectivity index (χ0v) is 17.1. The highest BCUT2D eigenvalue weighted by Crippen LogP contribution is 2.35. The molecule has 0 fully saturated rings. The van der Waals surface area contributed by atoms with Crippen molar-refractivity contribution in [3.63, 3.8) is 0 Å². The van der Waals surface area contributed by atoms with Gasteiger partial charge in [0.2, 0.25) is 11.6 Å². The number of carbonyl (C=O) groups is 1. The Morgan fingerprint density at radius 1 is 0.818 bits per heavy atom. The Balaban J connectivity index is 1.52. The molecule has 0 radical (unpaired) electrons. The fraction of sp³-hybridized carbons (Fsp3) is 0.125. The molecule has 0 saturated heterocycles. The number of ether oxygens (including phenoxy) is 3. The minimum atomic E-state index is -2.25. The van der Waals surface area contributed by atoms with Crippen molar-refractivity contribution in [3.05, 3.63) is 94.0 Å². The van der Waals surface area contributed by atoms with E-state index in [2.05, 4.69) is 0 Å². The van der Waals surface area contributed by atoms with E-state index in [1.807, 2.05) is 6.92 Å². The van der Waals surface area contributed by atoms with Crippen LogP contribution in [0.3, 0.4) is 0 Å². The van der Waals surface area contributed by atoms with Gasteiger partial charge in [-0.15, -0.1) is 0 Å². The van der Waals surface area contributed by atoms with Crippen LogP contribution in [0.25, 0.3) is 6.08 Å². The highest BCUT2D eigenvalue weighted by Gasteiger charge is 2.29. The number of benzene rings is 3. The first-order valence-electron chi connectivity index (χ1n) is 9.74. The second-order valence-corrected chi connectivity index (χ2v) is 6.94. The molecule has 0 unspecified atom stereocenters. The summed E-state index contributed by atoms with van der Waals surface area (Å²) in [6.07, 6.45) is 1.54. The van der Waals surface area contributed by atoms with E-state index in [9.17, 15) is 26.7 Å². The number of Topliss-reactive ketones (excluding diaryl/α,β-unsaturated/α-hetero) is 1. The van der Waals surface area contributed by atoms with Gasteiger partial charge in [0.1, 0.15) is 23.9 Å². The molecular formula is C24H15F5O4. The summed E-state index contributed by atoms with van der Waals surface area (Å²) >= 11 is 0. The Morgan fingerprint density at radius 2 is 1.42 bits per heavy atom. The summed E-state index contributed by atoms with van der Waals surface area (Å²) in [5, 5.41) is 0. The van der Waals surface area contributed by atoms with Crippen LogP contribution in [0.2, 0.25) is 0 Å². The average molecular weight is 462 g/mol. The normalized spacial score (nSPS) is 13.8. The van der Waals surface area contributed by atoms with Crippen molar-refractivity contribution in [3.8, 4) is 17.2 Å². The molecular weight excluding hydrogens is 447 g/mol. The van der Waals surface area contributed by atoms with Gasteiger partial charge in [-0.05, 0) is 42.8 Å². The molecule has 0 aromatic heterocycles. The van der Waals surface area contributed by atoms with Gasteiger partial charge < -0.3 is 14.2 Å². The minimum Gasteiger partial charge on any atom is -0.494 e. The Morgan fingerprint density at radius 3 is 2.06 bits per heavy atom. The largest absolute Gasteiger partial charge is 0.494 e. The Bertz CT molecular complexity index is 1240. The monoisotopic (exact) mass is 462 g/mol. The number of rotatable bonds is 6. The fourth-order valence-corrected chi connectivity index (χ4v) is 3.17. The quantitative estimate of drug-likeness (QED) is 0.196. The van der Waals surface area contributed by atoms with E-state index in [4.69, 9.17) is 14.2 Å². The van der Waals surface area contributed by atoms with Gasteiger partial charge in [0.05, 0.1) is 17.7 Å². The summed E-state index contributed by atoms with van der Waals surface area (Å²) in [4.78, 5) is 12.6. The molecule has 1 aliphatic heterocycles. The number of hydrogen-bond acceptors (Lipinski definition) is 4. The van der Waals surface area contributed by atoms with Crippen LogP contribution in [-0.2, 0) is 6.61 Å². The summed E-state index contributed by atoms with van der Waals surface area (Å²) in [7, 11) is 0. The first kappa shape index (κ1) is 22.3. The molecule has 4 nitrogen and oxygen atoms in total. The zero-order chi connectivity index (χ0) is 23.7. The van der Waals surface area contributed by atoms with Crippen molar-refractivity contribution < 1.29 is 41.0 Å². The molecule has 0 saturated carbocycles. The topological polar surface area (TPSA) is 44.8 Å². The standard InChI is InChI=1S/C24H15F5O4/c1-2-31-13-5-3-12(4-6-13)9-18-24(30)15-8-7-14(10-17(15)33-18)32-11-16-19(25)21(27)23(29)22(28)20(16)26/h3-10H,2,11H2,1H3. The highest BCUT2D eigenvalue weighted by atomic mass is 19.2. The van der Waals surface area contributed by atoms with Crippen molar-refractivity contribution in [2.75, 3.05) is 6.61 Å². The van der Waals surface area contributed by atoms with E-state index in [0.717, 1.165) is 0 Å². The van der Waals surface area contributed by atoms with Gasteiger partial charge in [-0.3, -0.25) is 4.79 Å². The summed E-state index contributed by atoms with van der Waals surface area (Å²) in [6.45, 7) is 1.46. The first-order chi connectivity index (χ1) is 15.8. The summed E-state index contributed by atoms with van der Waals surface area (Å²) in [5.74, 6) is -9.82. The number of fused-ring (bicyclic) bond motifs is 1.